The van der Waals surface area contributed by atoms with Crippen LogP contribution in [0.15, 0.2) is 91.0 Å². The fourth-order valence-electron chi connectivity index (χ4n) is 6.23. The monoisotopic (exact) mass is 504 g/mol. The van der Waals surface area contributed by atoms with Gasteiger partial charge in [0.15, 0.2) is 7.14 Å². The number of hydrogen-bond acceptors (Lipinski definition) is 6. The molecule has 8 rings (SSSR count). The van der Waals surface area contributed by atoms with Crippen LogP contribution < -0.4 is 22.0 Å². The van der Waals surface area contributed by atoms with E-state index in [1.54, 1.807) is 0 Å². The maximum absolute atomic E-state index is 13.3. The molecule has 0 spiro atoms. The quantitative estimate of drug-likeness (QED) is 0.418. The molecule has 5 aliphatic heterocycles. The van der Waals surface area contributed by atoms with Gasteiger partial charge in [-0.3, -0.25) is 14.7 Å². The van der Waals surface area contributed by atoms with Crippen molar-refractivity contribution in [3.63, 3.8) is 0 Å². The summed E-state index contributed by atoms with van der Waals surface area (Å²) in [6, 6.07) is 29.3. The van der Waals surface area contributed by atoms with Crippen molar-refractivity contribution >= 4 is 29.9 Å². The van der Waals surface area contributed by atoms with Crippen LogP contribution in [0, 0.1) is 0 Å². The van der Waals surface area contributed by atoms with Crippen molar-refractivity contribution in [2.24, 2.45) is 0 Å². The second-order valence-corrected chi connectivity index (χ2v) is 13.6. The Bertz CT molecular complexity index is 1140. The second kappa shape index (κ2) is 9.55. The molecule has 5 fully saturated rings. The normalized spacial score (nSPS) is 31.3. The van der Waals surface area contributed by atoms with Gasteiger partial charge in [0.25, 0.3) is 6.55 Å². The van der Waals surface area contributed by atoms with Gasteiger partial charge in [-0.2, -0.15) is 0 Å². The molecule has 0 unspecified atom stereocenters. The molecular weight excluding hydrogens is 470 g/mol. The Kier molecular flexibility index (Phi) is 6.38. The largest absolute Gasteiger partial charge is 0.555 e. The molecule has 0 atom stereocenters. The van der Waals surface area contributed by atoms with Crippen LogP contribution in [0.25, 0.3) is 0 Å². The van der Waals surface area contributed by atoms with Crippen LogP contribution in [0.2, 0.25) is 0 Å². The molecule has 0 aliphatic carbocycles. The lowest BCUT2D eigenvalue weighted by atomic mass is 9.46. The summed E-state index contributed by atoms with van der Waals surface area (Å²) in [5, 5.41) is 0.806. The van der Waals surface area contributed by atoms with Crippen molar-refractivity contribution < 1.29 is 19.6 Å². The highest BCUT2D eigenvalue weighted by atomic mass is 31.2. The van der Waals surface area contributed by atoms with Gasteiger partial charge in [-0.25, -0.2) is 0 Å². The van der Waals surface area contributed by atoms with Gasteiger partial charge in [0.1, 0.15) is 5.54 Å². The van der Waals surface area contributed by atoms with Gasteiger partial charge in [-0.05, 0) is 0 Å². The Morgan fingerprint density at radius 3 is 1.44 bits per heavy atom. The minimum absolute atomic E-state index is 0.181. The zero-order valence-corrected chi connectivity index (χ0v) is 21.5. The fourth-order valence-corrected chi connectivity index (χ4v) is 8.22. The van der Waals surface area contributed by atoms with Crippen molar-refractivity contribution in [1.29, 1.82) is 0 Å². The van der Waals surface area contributed by atoms with Gasteiger partial charge < -0.3 is 19.6 Å². The molecule has 188 valence electrons. The van der Waals surface area contributed by atoms with E-state index < -0.39 is 13.7 Å². The summed E-state index contributed by atoms with van der Waals surface area (Å²) < 4.78 is 25.9. The first-order chi connectivity index (χ1) is 17.5. The van der Waals surface area contributed by atoms with Crippen molar-refractivity contribution in [2.75, 3.05) is 52.3 Å². The molecule has 7 nitrogen and oxygen atoms in total. The molecule has 0 radical (unpaired) electrons. The van der Waals surface area contributed by atoms with E-state index in [2.05, 4.69) is 20.4 Å². The van der Waals surface area contributed by atoms with E-state index in [1.807, 2.05) is 91.0 Å². The van der Waals surface area contributed by atoms with Crippen LogP contribution >= 0.6 is 7.14 Å². The number of hydrogen-bond donors (Lipinski definition) is 1. The van der Waals surface area contributed by atoms with Crippen molar-refractivity contribution in [1.82, 2.24) is 14.7 Å². The number of quaternary nitrogens is 1. The fraction of sp³-hybridized carbons (Fsp3) is 0.333. The molecule has 5 saturated heterocycles. The highest BCUT2D eigenvalue weighted by Crippen LogP contribution is 2.48. The molecule has 0 aromatic heterocycles. The first-order valence-electron chi connectivity index (χ1n) is 12.7. The second-order valence-electron chi connectivity index (χ2n) is 10.8. The van der Waals surface area contributed by atoms with E-state index in [9.17, 15) is 4.57 Å². The maximum Gasteiger partial charge on any atom is 0.299 e. The van der Waals surface area contributed by atoms with E-state index in [0.29, 0.717) is 5.54 Å². The summed E-state index contributed by atoms with van der Waals surface area (Å²) in [7, 11) is -2.72. The van der Waals surface area contributed by atoms with Crippen LogP contribution in [-0.2, 0) is 13.9 Å². The standard InChI is InChI=1S/C20H19BO3P.C7H14N4/c22-25(20-14-8-3-9-15-20)16-23-21(24-17-25,18-10-4-1-5-11-18)19-12-6-2-7-13-19;8-7-1-9-4-10(2-7)6-11(3-7)5-9/h1-15H,16-17H2;1-6,8H2/q-1;/p+1. The SMILES string of the molecule is O=P1(c2ccccc2)CO[B-](c2ccccc2)(c2ccccc2)OC1.[NH3+]C12CN3CN(CN(C3)C1)C2. The van der Waals surface area contributed by atoms with Gasteiger partial charge in [-0.15, -0.1) is 10.9 Å². The molecule has 4 bridgehead atoms. The van der Waals surface area contributed by atoms with Crippen LogP contribution in [0.5, 0.6) is 0 Å². The molecule has 3 aromatic rings. The van der Waals surface area contributed by atoms with Gasteiger partial charge in [0.05, 0.1) is 52.3 Å². The Morgan fingerprint density at radius 1 is 0.667 bits per heavy atom. The average molecular weight is 504 g/mol. The lowest BCUT2D eigenvalue weighted by Crippen LogP contribution is -2.91. The summed E-state index contributed by atoms with van der Waals surface area (Å²) in [6.45, 7) is 5.31. The molecule has 0 amide bonds. The molecule has 3 aromatic carbocycles. The molecule has 0 saturated carbocycles. The molecular formula is C27H34BN4O3P. The summed E-state index contributed by atoms with van der Waals surface area (Å²) in [5.74, 6) is 0. The number of benzene rings is 3. The highest BCUT2D eigenvalue weighted by molar-refractivity contribution is 7.71. The zero-order chi connectivity index (χ0) is 24.6. The molecule has 3 N–H and O–H groups in total. The smallest absolute Gasteiger partial charge is 0.299 e. The lowest BCUT2D eigenvalue weighted by molar-refractivity contribution is -0.506. The van der Waals surface area contributed by atoms with E-state index >= 15 is 0 Å². The third kappa shape index (κ3) is 4.59. The third-order valence-electron chi connectivity index (χ3n) is 7.62. The van der Waals surface area contributed by atoms with Crippen molar-refractivity contribution in [2.45, 2.75) is 5.54 Å². The van der Waals surface area contributed by atoms with Gasteiger partial charge >= 0.3 is 0 Å². The number of rotatable bonds is 3. The maximum atomic E-state index is 13.3. The summed E-state index contributed by atoms with van der Waals surface area (Å²) in [6.07, 6.45) is 0.363. The first-order valence-corrected chi connectivity index (χ1v) is 14.7. The first kappa shape index (κ1) is 24.1. The van der Waals surface area contributed by atoms with Crippen LogP contribution in [0.4, 0.5) is 0 Å². The average Bonchev–Trinajstić information content (AvgIpc) is 2.90. The minimum Gasteiger partial charge on any atom is -0.555 e. The van der Waals surface area contributed by atoms with Gasteiger partial charge in [0, 0.05) is 5.30 Å². The Hall–Kier alpha value is -2.29. The number of nitrogens with zero attached hydrogens (tertiary/aromatic N) is 3. The van der Waals surface area contributed by atoms with Crippen LogP contribution in [-0.4, -0.2) is 79.1 Å². The Morgan fingerprint density at radius 2 is 1.06 bits per heavy atom. The summed E-state index contributed by atoms with van der Waals surface area (Å²) in [5.41, 5.74) is 6.56. The summed E-state index contributed by atoms with van der Waals surface area (Å²) in [4.78, 5) is 7.47. The van der Waals surface area contributed by atoms with Gasteiger partial charge in [-0.1, -0.05) is 91.0 Å². The topological polar surface area (TPSA) is 72.9 Å². The molecule has 5 heterocycles. The molecule has 9 heteroatoms. The van der Waals surface area contributed by atoms with E-state index in [4.69, 9.17) is 9.31 Å². The van der Waals surface area contributed by atoms with E-state index in [1.165, 1.54) is 39.6 Å². The Labute approximate surface area is 213 Å². The summed E-state index contributed by atoms with van der Waals surface area (Å²) >= 11 is 0. The van der Waals surface area contributed by atoms with Crippen LogP contribution in [0.1, 0.15) is 0 Å². The minimum atomic E-state index is -2.72. The van der Waals surface area contributed by atoms with Crippen molar-refractivity contribution in [3.05, 3.63) is 91.0 Å². The van der Waals surface area contributed by atoms with Gasteiger partial charge in [0.2, 0.25) is 0 Å². The predicted molar refractivity (Wildman–Crippen MR) is 144 cm³/mol. The molecule has 5 aliphatic rings. The third-order valence-corrected chi connectivity index (χ3v) is 9.99. The lowest BCUT2D eigenvalue weighted by Gasteiger charge is -2.57. The van der Waals surface area contributed by atoms with E-state index in [-0.39, 0.29) is 12.7 Å². The van der Waals surface area contributed by atoms with Crippen LogP contribution in [0.3, 0.4) is 0 Å². The Balaban J connectivity index is 0.000000180. The molecule has 36 heavy (non-hydrogen) atoms. The zero-order valence-electron chi connectivity index (χ0n) is 20.6. The highest BCUT2D eigenvalue weighted by Gasteiger charge is 2.49. The predicted octanol–water partition coefficient (Wildman–Crippen LogP) is 0.680. The van der Waals surface area contributed by atoms with E-state index in [0.717, 1.165) is 16.2 Å². The van der Waals surface area contributed by atoms with Crippen molar-refractivity contribution in [3.8, 4) is 0 Å².